The van der Waals surface area contributed by atoms with Gasteiger partial charge in [0.15, 0.2) is 5.89 Å². The van der Waals surface area contributed by atoms with Gasteiger partial charge in [-0.2, -0.15) is 0 Å². The van der Waals surface area contributed by atoms with Crippen LogP contribution in [0.25, 0.3) is 11.3 Å². The second kappa shape index (κ2) is 8.14. The van der Waals surface area contributed by atoms with E-state index in [0.29, 0.717) is 48.9 Å². The summed E-state index contributed by atoms with van der Waals surface area (Å²) in [6.07, 6.45) is 2.92. The van der Waals surface area contributed by atoms with E-state index in [-0.39, 0.29) is 5.91 Å². The van der Waals surface area contributed by atoms with E-state index in [1.165, 1.54) is 0 Å². The van der Waals surface area contributed by atoms with E-state index in [4.69, 9.17) is 4.42 Å². The topological polar surface area (TPSA) is 72.1 Å². The van der Waals surface area contributed by atoms with Gasteiger partial charge < -0.3 is 9.32 Å². The summed E-state index contributed by atoms with van der Waals surface area (Å²) in [5.74, 6) is 2.11. The van der Waals surface area contributed by atoms with Crippen LogP contribution in [0.5, 0.6) is 0 Å². The standard InChI is InChI=1S/C25H22N4O2/c1-17-26-15-20(24(27-17)19-10-6-3-7-11-19)25(30)29-13-12-22-21(16-29)28-23(31-22)14-18-8-4-2-5-9-18/h2-11,15H,12-14,16H2,1H3. The molecule has 2 aromatic heterocycles. The van der Waals surface area contributed by atoms with Gasteiger partial charge in [-0.1, -0.05) is 60.7 Å². The number of amides is 1. The predicted molar refractivity (Wildman–Crippen MR) is 116 cm³/mol. The van der Waals surface area contributed by atoms with Crippen molar-refractivity contribution < 1.29 is 9.21 Å². The summed E-state index contributed by atoms with van der Waals surface area (Å²) in [6.45, 7) is 2.83. The molecule has 0 bridgehead atoms. The van der Waals surface area contributed by atoms with Crippen molar-refractivity contribution in [2.24, 2.45) is 0 Å². The number of benzene rings is 2. The van der Waals surface area contributed by atoms with Crippen LogP contribution in [0.3, 0.4) is 0 Å². The molecule has 0 saturated heterocycles. The zero-order valence-electron chi connectivity index (χ0n) is 17.3. The Kier molecular flexibility index (Phi) is 5.04. The molecular weight excluding hydrogens is 388 g/mol. The summed E-state index contributed by atoms with van der Waals surface area (Å²) in [7, 11) is 0. The lowest BCUT2D eigenvalue weighted by Gasteiger charge is -2.26. The normalized spacial score (nSPS) is 13.1. The third-order valence-corrected chi connectivity index (χ3v) is 5.44. The summed E-state index contributed by atoms with van der Waals surface area (Å²) < 4.78 is 5.98. The highest BCUT2D eigenvalue weighted by molar-refractivity contribution is 5.99. The number of oxazole rings is 1. The molecule has 4 aromatic rings. The number of fused-ring (bicyclic) bond motifs is 1. The zero-order valence-corrected chi connectivity index (χ0v) is 17.3. The molecule has 6 heteroatoms. The van der Waals surface area contributed by atoms with Gasteiger partial charge in [-0.25, -0.2) is 15.0 Å². The number of carbonyl (C=O) groups is 1. The third-order valence-electron chi connectivity index (χ3n) is 5.44. The van der Waals surface area contributed by atoms with Gasteiger partial charge in [0.05, 0.1) is 17.8 Å². The van der Waals surface area contributed by atoms with Gasteiger partial charge in [-0.3, -0.25) is 4.79 Å². The van der Waals surface area contributed by atoms with Crippen molar-refractivity contribution >= 4 is 5.91 Å². The number of carbonyl (C=O) groups excluding carboxylic acids is 1. The lowest BCUT2D eigenvalue weighted by atomic mass is 10.0. The minimum absolute atomic E-state index is 0.0860. The largest absolute Gasteiger partial charge is 0.445 e. The molecule has 2 aromatic carbocycles. The molecule has 1 amide bonds. The molecule has 0 atom stereocenters. The fourth-order valence-electron chi connectivity index (χ4n) is 3.88. The summed E-state index contributed by atoms with van der Waals surface area (Å²) in [5.41, 5.74) is 4.06. The number of aryl methyl sites for hydroxylation is 1. The minimum Gasteiger partial charge on any atom is -0.445 e. The Morgan fingerprint density at radius 1 is 1.03 bits per heavy atom. The van der Waals surface area contributed by atoms with E-state index >= 15 is 0 Å². The van der Waals surface area contributed by atoms with Crippen LogP contribution in [0.15, 0.2) is 71.3 Å². The molecule has 0 spiro atoms. The predicted octanol–water partition coefficient (Wildman–Crippen LogP) is 4.23. The highest BCUT2D eigenvalue weighted by Gasteiger charge is 2.28. The molecular formula is C25H22N4O2. The first-order valence-electron chi connectivity index (χ1n) is 10.4. The van der Waals surface area contributed by atoms with Crippen molar-refractivity contribution in [3.8, 4) is 11.3 Å². The highest BCUT2D eigenvalue weighted by atomic mass is 16.4. The molecule has 0 unspecified atom stereocenters. The van der Waals surface area contributed by atoms with Gasteiger partial charge in [0, 0.05) is 31.1 Å². The Hall–Kier alpha value is -3.80. The van der Waals surface area contributed by atoms with Crippen LogP contribution in [0.4, 0.5) is 0 Å². The molecule has 0 saturated carbocycles. The second-order valence-corrected chi connectivity index (χ2v) is 7.66. The van der Waals surface area contributed by atoms with Crippen molar-refractivity contribution in [3.05, 3.63) is 101 Å². The lowest BCUT2D eigenvalue weighted by Crippen LogP contribution is -2.36. The maximum absolute atomic E-state index is 13.4. The molecule has 1 aliphatic heterocycles. The average Bonchev–Trinajstić information content (AvgIpc) is 3.21. The molecule has 0 radical (unpaired) electrons. The van der Waals surface area contributed by atoms with E-state index in [1.54, 1.807) is 11.1 Å². The molecule has 0 aliphatic carbocycles. The maximum Gasteiger partial charge on any atom is 0.258 e. The van der Waals surface area contributed by atoms with E-state index in [1.807, 2.05) is 55.5 Å². The summed E-state index contributed by atoms with van der Waals surface area (Å²) in [6, 6.07) is 19.9. The number of hydrogen-bond acceptors (Lipinski definition) is 5. The van der Waals surface area contributed by atoms with Crippen LogP contribution in [0.1, 0.15) is 39.1 Å². The van der Waals surface area contributed by atoms with Gasteiger partial charge in [-0.05, 0) is 12.5 Å². The van der Waals surface area contributed by atoms with E-state index in [9.17, 15) is 4.79 Å². The van der Waals surface area contributed by atoms with Gasteiger partial charge >= 0.3 is 0 Å². The quantitative estimate of drug-likeness (QED) is 0.503. The van der Waals surface area contributed by atoms with Crippen molar-refractivity contribution in [2.45, 2.75) is 26.3 Å². The van der Waals surface area contributed by atoms with Crippen LogP contribution in [0, 0.1) is 6.92 Å². The Bertz CT molecular complexity index is 1220. The first-order chi connectivity index (χ1) is 15.2. The lowest BCUT2D eigenvalue weighted by molar-refractivity contribution is 0.0728. The zero-order chi connectivity index (χ0) is 21.2. The fourth-order valence-corrected chi connectivity index (χ4v) is 3.88. The van der Waals surface area contributed by atoms with Crippen molar-refractivity contribution in [2.75, 3.05) is 6.54 Å². The average molecular weight is 410 g/mol. The third kappa shape index (κ3) is 3.97. The number of hydrogen-bond donors (Lipinski definition) is 0. The van der Waals surface area contributed by atoms with Crippen LogP contribution in [0.2, 0.25) is 0 Å². The van der Waals surface area contributed by atoms with E-state index in [0.717, 1.165) is 22.6 Å². The molecule has 6 nitrogen and oxygen atoms in total. The number of nitrogens with zero attached hydrogens (tertiary/aromatic N) is 4. The van der Waals surface area contributed by atoms with Crippen LogP contribution >= 0.6 is 0 Å². The smallest absolute Gasteiger partial charge is 0.258 e. The maximum atomic E-state index is 13.4. The monoisotopic (exact) mass is 410 g/mol. The SMILES string of the molecule is Cc1ncc(C(=O)N2CCc3oc(Cc4ccccc4)nc3C2)c(-c2ccccc2)n1. The fraction of sp³-hybridized carbons (Fsp3) is 0.200. The first kappa shape index (κ1) is 19.2. The first-order valence-corrected chi connectivity index (χ1v) is 10.4. The molecule has 31 heavy (non-hydrogen) atoms. The molecule has 0 fully saturated rings. The highest BCUT2D eigenvalue weighted by Crippen LogP contribution is 2.26. The summed E-state index contributed by atoms with van der Waals surface area (Å²) in [5, 5.41) is 0. The molecule has 5 rings (SSSR count). The molecule has 154 valence electrons. The van der Waals surface area contributed by atoms with Gasteiger partial charge in [0.2, 0.25) is 0 Å². The Morgan fingerprint density at radius 2 is 1.77 bits per heavy atom. The molecule has 1 aliphatic rings. The van der Waals surface area contributed by atoms with Crippen molar-refractivity contribution in [1.29, 1.82) is 0 Å². The summed E-state index contributed by atoms with van der Waals surface area (Å²) >= 11 is 0. The Morgan fingerprint density at radius 3 is 2.55 bits per heavy atom. The van der Waals surface area contributed by atoms with Gasteiger partial charge in [-0.15, -0.1) is 0 Å². The van der Waals surface area contributed by atoms with E-state index in [2.05, 4.69) is 27.1 Å². The second-order valence-electron chi connectivity index (χ2n) is 7.66. The Labute approximate surface area is 180 Å². The van der Waals surface area contributed by atoms with Gasteiger partial charge in [0.1, 0.15) is 17.3 Å². The Balaban J connectivity index is 1.39. The molecule has 3 heterocycles. The number of aromatic nitrogens is 3. The van der Waals surface area contributed by atoms with Crippen molar-refractivity contribution in [1.82, 2.24) is 19.9 Å². The van der Waals surface area contributed by atoms with Crippen LogP contribution in [-0.4, -0.2) is 32.3 Å². The molecule has 0 N–H and O–H groups in total. The van der Waals surface area contributed by atoms with Crippen LogP contribution in [-0.2, 0) is 19.4 Å². The van der Waals surface area contributed by atoms with E-state index < -0.39 is 0 Å². The van der Waals surface area contributed by atoms with Crippen LogP contribution < -0.4 is 0 Å². The van der Waals surface area contributed by atoms with Gasteiger partial charge in [0.25, 0.3) is 5.91 Å². The minimum atomic E-state index is -0.0860. The van der Waals surface area contributed by atoms with Crippen molar-refractivity contribution in [3.63, 3.8) is 0 Å². The summed E-state index contributed by atoms with van der Waals surface area (Å²) in [4.78, 5) is 28.7. The number of rotatable bonds is 4.